The SMILES string of the molecule is CC(O)c1ccc(N)c(NC2(C)COC2)c1. The van der Waals surface area contributed by atoms with E-state index in [1.807, 2.05) is 18.2 Å². The molecule has 0 aromatic heterocycles. The van der Waals surface area contributed by atoms with E-state index < -0.39 is 6.10 Å². The third kappa shape index (κ3) is 2.13. The Kier molecular flexibility index (Phi) is 2.78. The summed E-state index contributed by atoms with van der Waals surface area (Å²) in [4.78, 5) is 0. The molecule has 1 fully saturated rings. The van der Waals surface area contributed by atoms with Crippen molar-refractivity contribution in [1.29, 1.82) is 0 Å². The summed E-state index contributed by atoms with van der Waals surface area (Å²) in [5.41, 5.74) is 8.27. The standard InChI is InChI=1S/C12H18N2O2/c1-8(15)9-3-4-10(13)11(5-9)14-12(2)6-16-7-12/h3-5,8,14-15H,6-7,13H2,1-2H3. The van der Waals surface area contributed by atoms with E-state index in [1.165, 1.54) is 0 Å². The Morgan fingerprint density at radius 2 is 2.19 bits per heavy atom. The monoisotopic (exact) mass is 222 g/mol. The van der Waals surface area contributed by atoms with Crippen molar-refractivity contribution in [2.24, 2.45) is 0 Å². The first-order valence-electron chi connectivity index (χ1n) is 5.44. The molecule has 1 aromatic carbocycles. The van der Waals surface area contributed by atoms with E-state index in [-0.39, 0.29) is 5.54 Å². The summed E-state index contributed by atoms with van der Waals surface area (Å²) in [6.07, 6.45) is -0.480. The van der Waals surface area contributed by atoms with Gasteiger partial charge in [0.2, 0.25) is 0 Å². The van der Waals surface area contributed by atoms with Crippen LogP contribution in [0, 0.1) is 0 Å². The van der Waals surface area contributed by atoms with Gasteiger partial charge in [0.1, 0.15) is 0 Å². The van der Waals surface area contributed by atoms with Crippen molar-refractivity contribution in [2.75, 3.05) is 24.3 Å². The zero-order chi connectivity index (χ0) is 11.8. The summed E-state index contributed by atoms with van der Waals surface area (Å²) < 4.78 is 5.17. The zero-order valence-corrected chi connectivity index (χ0v) is 9.66. The lowest BCUT2D eigenvalue weighted by Crippen LogP contribution is -2.53. The van der Waals surface area contributed by atoms with Gasteiger partial charge in [-0.1, -0.05) is 6.07 Å². The van der Waals surface area contributed by atoms with Gasteiger partial charge in [0.15, 0.2) is 0 Å². The van der Waals surface area contributed by atoms with E-state index in [0.717, 1.165) is 11.3 Å². The first-order chi connectivity index (χ1) is 7.50. The molecule has 1 heterocycles. The topological polar surface area (TPSA) is 67.5 Å². The van der Waals surface area contributed by atoms with Crippen molar-refractivity contribution in [1.82, 2.24) is 0 Å². The maximum atomic E-state index is 9.52. The quantitative estimate of drug-likeness (QED) is 0.678. The number of ether oxygens (including phenoxy) is 1. The van der Waals surface area contributed by atoms with Gasteiger partial charge in [0, 0.05) is 0 Å². The highest BCUT2D eigenvalue weighted by atomic mass is 16.5. The molecule has 1 unspecified atom stereocenters. The average molecular weight is 222 g/mol. The summed E-state index contributed by atoms with van der Waals surface area (Å²) in [5.74, 6) is 0. The van der Waals surface area contributed by atoms with Crippen LogP contribution in [0.4, 0.5) is 11.4 Å². The lowest BCUT2D eigenvalue weighted by atomic mass is 9.99. The third-order valence-corrected chi connectivity index (χ3v) is 2.84. The normalized spacial score (nSPS) is 19.9. The van der Waals surface area contributed by atoms with Gasteiger partial charge in [-0.15, -0.1) is 0 Å². The Labute approximate surface area is 95.4 Å². The molecule has 88 valence electrons. The van der Waals surface area contributed by atoms with Gasteiger partial charge >= 0.3 is 0 Å². The largest absolute Gasteiger partial charge is 0.397 e. The molecule has 0 saturated carbocycles. The van der Waals surface area contributed by atoms with Crippen molar-refractivity contribution in [3.05, 3.63) is 23.8 Å². The van der Waals surface area contributed by atoms with E-state index in [2.05, 4.69) is 12.2 Å². The van der Waals surface area contributed by atoms with Crippen LogP contribution in [0.3, 0.4) is 0 Å². The number of rotatable bonds is 3. The predicted octanol–water partition coefficient (Wildman–Crippen LogP) is 1.52. The van der Waals surface area contributed by atoms with Crippen LogP contribution in [-0.4, -0.2) is 23.9 Å². The number of aliphatic hydroxyl groups excluding tert-OH is 1. The second-order valence-electron chi connectivity index (χ2n) is 4.70. The molecular formula is C12H18N2O2. The van der Waals surface area contributed by atoms with Crippen molar-refractivity contribution < 1.29 is 9.84 Å². The van der Waals surface area contributed by atoms with E-state index >= 15 is 0 Å². The number of nitrogens with two attached hydrogens (primary N) is 1. The van der Waals surface area contributed by atoms with Crippen LogP contribution in [0.15, 0.2) is 18.2 Å². The van der Waals surface area contributed by atoms with Gasteiger partial charge < -0.3 is 20.9 Å². The number of nitrogen functional groups attached to an aromatic ring is 1. The van der Waals surface area contributed by atoms with Crippen LogP contribution < -0.4 is 11.1 Å². The van der Waals surface area contributed by atoms with Gasteiger partial charge in [-0.2, -0.15) is 0 Å². The van der Waals surface area contributed by atoms with Crippen LogP contribution in [0.2, 0.25) is 0 Å². The Balaban J connectivity index is 2.21. The maximum absolute atomic E-state index is 9.52. The molecule has 0 amide bonds. The summed E-state index contributed by atoms with van der Waals surface area (Å²) >= 11 is 0. The molecular weight excluding hydrogens is 204 g/mol. The van der Waals surface area contributed by atoms with Gasteiger partial charge in [-0.05, 0) is 31.5 Å². The smallest absolute Gasteiger partial charge is 0.0812 e. The first kappa shape index (κ1) is 11.2. The van der Waals surface area contributed by atoms with Gasteiger partial charge in [-0.25, -0.2) is 0 Å². The van der Waals surface area contributed by atoms with Crippen LogP contribution in [-0.2, 0) is 4.74 Å². The molecule has 0 spiro atoms. The number of nitrogens with one attached hydrogen (secondary N) is 1. The lowest BCUT2D eigenvalue weighted by molar-refractivity contribution is -0.0318. The summed E-state index contributed by atoms with van der Waals surface area (Å²) in [7, 11) is 0. The fraction of sp³-hybridized carbons (Fsp3) is 0.500. The zero-order valence-electron chi connectivity index (χ0n) is 9.66. The second kappa shape index (κ2) is 3.96. The highest BCUT2D eigenvalue weighted by Gasteiger charge is 2.33. The molecule has 1 saturated heterocycles. The van der Waals surface area contributed by atoms with E-state index in [4.69, 9.17) is 10.5 Å². The minimum Gasteiger partial charge on any atom is -0.397 e. The highest BCUT2D eigenvalue weighted by molar-refractivity contribution is 5.68. The molecule has 0 bridgehead atoms. The Hall–Kier alpha value is -1.26. The molecule has 1 aliphatic rings. The number of hydrogen-bond acceptors (Lipinski definition) is 4. The Bertz CT molecular complexity index is 387. The third-order valence-electron chi connectivity index (χ3n) is 2.84. The molecule has 0 aliphatic carbocycles. The summed E-state index contributed by atoms with van der Waals surface area (Å²) in [6.45, 7) is 5.20. The minimum atomic E-state index is -0.480. The van der Waals surface area contributed by atoms with Gasteiger partial charge in [0.05, 0.1) is 36.2 Å². The van der Waals surface area contributed by atoms with Crippen molar-refractivity contribution in [3.8, 4) is 0 Å². The van der Waals surface area contributed by atoms with Crippen LogP contribution in [0.1, 0.15) is 25.5 Å². The predicted molar refractivity (Wildman–Crippen MR) is 64.3 cm³/mol. The maximum Gasteiger partial charge on any atom is 0.0812 e. The van der Waals surface area contributed by atoms with Crippen molar-refractivity contribution >= 4 is 11.4 Å². The summed E-state index contributed by atoms with van der Waals surface area (Å²) in [6, 6.07) is 5.54. The highest BCUT2D eigenvalue weighted by Crippen LogP contribution is 2.29. The number of aliphatic hydroxyl groups is 1. The fourth-order valence-electron chi connectivity index (χ4n) is 1.75. The van der Waals surface area contributed by atoms with Gasteiger partial charge in [0.25, 0.3) is 0 Å². The molecule has 1 aliphatic heterocycles. The number of anilines is 2. The molecule has 1 aromatic rings. The van der Waals surface area contributed by atoms with Crippen LogP contribution in [0.25, 0.3) is 0 Å². The summed E-state index contributed by atoms with van der Waals surface area (Å²) in [5, 5.41) is 12.9. The molecule has 2 rings (SSSR count). The molecule has 0 radical (unpaired) electrons. The molecule has 4 heteroatoms. The molecule has 4 N–H and O–H groups in total. The number of benzene rings is 1. The molecule has 1 atom stereocenters. The van der Waals surface area contributed by atoms with Crippen LogP contribution in [0.5, 0.6) is 0 Å². The van der Waals surface area contributed by atoms with Crippen molar-refractivity contribution in [2.45, 2.75) is 25.5 Å². The van der Waals surface area contributed by atoms with Crippen LogP contribution >= 0.6 is 0 Å². The second-order valence-corrected chi connectivity index (χ2v) is 4.70. The van der Waals surface area contributed by atoms with E-state index in [1.54, 1.807) is 6.92 Å². The first-order valence-corrected chi connectivity index (χ1v) is 5.44. The lowest BCUT2D eigenvalue weighted by Gasteiger charge is -2.40. The fourth-order valence-corrected chi connectivity index (χ4v) is 1.75. The average Bonchev–Trinajstić information content (AvgIpc) is 2.18. The number of hydrogen-bond donors (Lipinski definition) is 3. The van der Waals surface area contributed by atoms with E-state index in [9.17, 15) is 5.11 Å². The van der Waals surface area contributed by atoms with E-state index in [0.29, 0.717) is 18.9 Å². The molecule has 16 heavy (non-hydrogen) atoms. The minimum absolute atomic E-state index is 0.0363. The van der Waals surface area contributed by atoms with Crippen molar-refractivity contribution in [3.63, 3.8) is 0 Å². The van der Waals surface area contributed by atoms with Gasteiger partial charge in [-0.3, -0.25) is 0 Å². The molecule has 4 nitrogen and oxygen atoms in total. The Morgan fingerprint density at radius 1 is 1.50 bits per heavy atom. The Morgan fingerprint density at radius 3 is 2.69 bits per heavy atom.